The van der Waals surface area contributed by atoms with Crippen molar-refractivity contribution in [2.45, 2.75) is 26.7 Å². The lowest BCUT2D eigenvalue weighted by atomic mass is 9.88. The molecule has 0 spiro atoms. The van der Waals surface area contributed by atoms with Crippen LogP contribution in [0.2, 0.25) is 0 Å². The van der Waals surface area contributed by atoms with Crippen molar-refractivity contribution in [3.05, 3.63) is 70.3 Å². The van der Waals surface area contributed by atoms with Crippen LogP contribution >= 0.6 is 0 Å². The smallest absolute Gasteiger partial charge is 0.251 e. The van der Waals surface area contributed by atoms with Gasteiger partial charge in [0.25, 0.3) is 5.91 Å². The Kier molecular flexibility index (Phi) is 6.59. The lowest BCUT2D eigenvalue weighted by Crippen LogP contribution is -2.45. The quantitative estimate of drug-likeness (QED) is 0.763. The molecule has 0 unspecified atom stereocenters. The van der Waals surface area contributed by atoms with Crippen LogP contribution in [-0.2, 0) is 4.79 Å². The number of likely N-dealkylation sites (tertiary alicyclic amines) is 1. The van der Waals surface area contributed by atoms with E-state index in [0.717, 1.165) is 29.3 Å². The van der Waals surface area contributed by atoms with E-state index in [2.05, 4.69) is 5.32 Å². The number of hydrogen-bond donors (Lipinski definition) is 1. The van der Waals surface area contributed by atoms with E-state index in [1.807, 2.05) is 19.9 Å². The first-order valence-corrected chi connectivity index (χ1v) is 9.88. The molecule has 0 aliphatic carbocycles. The molecule has 2 aromatic rings. The molecule has 1 heterocycles. The Balaban J connectivity index is 1.52. The van der Waals surface area contributed by atoms with Gasteiger partial charge in [-0.3, -0.25) is 14.4 Å². The molecule has 0 saturated carbocycles. The van der Waals surface area contributed by atoms with Crippen LogP contribution in [0.5, 0.6) is 0 Å². The molecule has 5 nitrogen and oxygen atoms in total. The Morgan fingerprint density at radius 3 is 2.27 bits per heavy atom. The van der Waals surface area contributed by atoms with E-state index in [0.29, 0.717) is 31.5 Å². The summed E-state index contributed by atoms with van der Waals surface area (Å²) < 4.78 is 27.2. The summed E-state index contributed by atoms with van der Waals surface area (Å²) in [6.45, 7) is 4.31. The molecule has 30 heavy (non-hydrogen) atoms. The van der Waals surface area contributed by atoms with Crippen LogP contribution in [-0.4, -0.2) is 42.1 Å². The Morgan fingerprint density at radius 1 is 1.00 bits per heavy atom. The molecule has 7 heteroatoms. The Morgan fingerprint density at radius 2 is 1.63 bits per heavy atom. The molecule has 0 bridgehead atoms. The van der Waals surface area contributed by atoms with Crippen LogP contribution in [0.3, 0.4) is 0 Å². The minimum Gasteiger partial charge on any atom is -0.343 e. The molecule has 0 atom stereocenters. The zero-order chi connectivity index (χ0) is 21.8. The first-order valence-electron chi connectivity index (χ1n) is 9.88. The molecule has 2 amide bonds. The number of amides is 2. The first kappa shape index (κ1) is 21.6. The fourth-order valence-corrected chi connectivity index (χ4v) is 3.77. The van der Waals surface area contributed by atoms with Gasteiger partial charge in [0.05, 0.1) is 12.1 Å². The highest BCUT2D eigenvalue weighted by molar-refractivity contribution is 5.98. The molecule has 2 aromatic carbocycles. The van der Waals surface area contributed by atoms with Crippen LogP contribution in [0.1, 0.15) is 44.7 Å². The van der Waals surface area contributed by atoms with Crippen molar-refractivity contribution in [2.75, 3.05) is 19.6 Å². The predicted molar refractivity (Wildman–Crippen MR) is 108 cm³/mol. The highest BCUT2D eigenvalue weighted by Crippen LogP contribution is 2.23. The van der Waals surface area contributed by atoms with Gasteiger partial charge in [-0.05, 0) is 57.0 Å². The van der Waals surface area contributed by atoms with E-state index in [1.54, 1.807) is 17.0 Å². The Hall–Kier alpha value is -3.09. The minimum absolute atomic E-state index is 0.136. The normalized spacial score (nSPS) is 14.5. The maximum atomic E-state index is 13.9. The number of halogens is 2. The number of aryl methyl sites for hydroxylation is 2. The van der Waals surface area contributed by atoms with E-state index in [9.17, 15) is 23.2 Å². The summed E-state index contributed by atoms with van der Waals surface area (Å²) in [5, 5.41) is 2.64. The number of ketones is 1. The number of Topliss-reactive ketones (excluding diaryl/α,β-unsaturated/α-hetero) is 1. The highest BCUT2D eigenvalue weighted by Gasteiger charge is 2.29. The second-order valence-corrected chi connectivity index (χ2v) is 7.70. The van der Waals surface area contributed by atoms with Crippen LogP contribution < -0.4 is 5.32 Å². The third-order valence-electron chi connectivity index (χ3n) is 5.30. The first-order chi connectivity index (χ1) is 14.2. The van der Waals surface area contributed by atoms with Gasteiger partial charge in [0, 0.05) is 24.6 Å². The summed E-state index contributed by atoms with van der Waals surface area (Å²) in [5.74, 6) is -2.87. The zero-order valence-corrected chi connectivity index (χ0v) is 17.0. The van der Waals surface area contributed by atoms with E-state index >= 15 is 0 Å². The second kappa shape index (κ2) is 9.15. The minimum atomic E-state index is -0.742. The second-order valence-electron chi connectivity index (χ2n) is 7.70. The Labute approximate surface area is 174 Å². The average Bonchev–Trinajstić information content (AvgIpc) is 2.72. The monoisotopic (exact) mass is 414 g/mol. The number of rotatable bonds is 5. The molecular formula is C23H24F2N2O3. The summed E-state index contributed by atoms with van der Waals surface area (Å²) >= 11 is 0. The maximum absolute atomic E-state index is 13.9. The van der Waals surface area contributed by atoms with Gasteiger partial charge in [0.1, 0.15) is 11.6 Å². The van der Waals surface area contributed by atoms with Gasteiger partial charge in [-0.1, -0.05) is 17.2 Å². The number of hydrogen-bond acceptors (Lipinski definition) is 3. The van der Waals surface area contributed by atoms with E-state index in [4.69, 9.17) is 0 Å². The van der Waals surface area contributed by atoms with Gasteiger partial charge < -0.3 is 10.2 Å². The van der Waals surface area contributed by atoms with Gasteiger partial charge in [-0.2, -0.15) is 0 Å². The van der Waals surface area contributed by atoms with E-state index < -0.39 is 23.3 Å². The van der Waals surface area contributed by atoms with Crippen LogP contribution in [0.15, 0.2) is 36.4 Å². The molecule has 1 aliphatic rings. The molecular weight excluding hydrogens is 390 g/mol. The summed E-state index contributed by atoms with van der Waals surface area (Å²) in [5.41, 5.74) is 2.18. The maximum Gasteiger partial charge on any atom is 0.251 e. The van der Waals surface area contributed by atoms with Crippen LogP contribution in [0, 0.1) is 31.4 Å². The lowest BCUT2D eigenvalue weighted by Gasteiger charge is -2.31. The van der Waals surface area contributed by atoms with Gasteiger partial charge in [-0.25, -0.2) is 8.78 Å². The zero-order valence-electron chi connectivity index (χ0n) is 17.0. The fraction of sp³-hybridized carbons (Fsp3) is 0.348. The summed E-state index contributed by atoms with van der Waals surface area (Å²) in [6.07, 6.45) is 0.733. The molecule has 1 fully saturated rings. The van der Waals surface area contributed by atoms with Crippen molar-refractivity contribution in [1.82, 2.24) is 10.2 Å². The van der Waals surface area contributed by atoms with Gasteiger partial charge in [-0.15, -0.1) is 0 Å². The van der Waals surface area contributed by atoms with E-state index in [-0.39, 0.29) is 23.9 Å². The topological polar surface area (TPSA) is 66.5 Å². The lowest BCUT2D eigenvalue weighted by molar-refractivity contribution is -0.131. The van der Waals surface area contributed by atoms with Gasteiger partial charge in [0.2, 0.25) is 5.91 Å². The molecule has 1 N–H and O–H groups in total. The number of piperidine rings is 1. The molecule has 158 valence electrons. The molecule has 1 saturated heterocycles. The molecule has 3 rings (SSSR count). The highest BCUT2D eigenvalue weighted by atomic mass is 19.1. The van der Waals surface area contributed by atoms with Crippen molar-refractivity contribution >= 4 is 17.6 Å². The van der Waals surface area contributed by atoms with E-state index in [1.165, 1.54) is 0 Å². The average molecular weight is 414 g/mol. The van der Waals surface area contributed by atoms with Crippen molar-refractivity contribution in [1.29, 1.82) is 0 Å². The molecule has 0 radical (unpaired) electrons. The number of nitrogens with zero attached hydrogens (tertiary/aromatic N) is 1. The summed E-state index contributed by atoms with van der Waals surface area (Å²) in [7, 11) is 0. The standard InChI is InChI=1S/C23H24F2N2O3/c1-14-9-15(2)11-17(10-14)23(30)26-13-21(28)27-7-5-16(6-8-27)22(29)19-12-18(24)3-4-20(19)25/h3-4,9-12,16H,5-8,13H2,1-2H3,(H,26,30). The predicted octanol–water partition coefficient (Wildman–Crippen LogP) is 3.43. The van der Waals surface area contributed by atoms with Crippen molar-refractivity contribution in [3.63, 3.8) is 0 Å². The third-order valence-corrected chi connectivity index (χ3v) is 5.30. The third kappa shape index (κ3) is 5.09. The van der Waals surface area contributed by atoms with Gasteiger partial charge >= 0.3 is 0 Å². The van der Waals surface area contributed by atoms with Crippen LogP contribution in [0.25, 0.3) is 0 Å². The number of benzene rings is 2. The number of carbonyl (C=O) groups is 3. The fourth-order valence-electron chi connectivity index (χ4n) is 3.77. The molecule has 0 aromatic heterocycles. The Bertz CT molecular complexity index is 962. The molecule has 1 aliphatic heterocycles. The number of carbonyl (C=O) groups excluding carboxylic acids is 3. The number of nitrogens with one attached hydrogen (secondary N) is 1. The van der Waals surface area contributed by atoms with Gasteiger partial charge in [0.15, 0.2) is 5.78 Å². The van der Waals surface area contributed by atoms with Crippen molar-refractivity contribution in [2.24, 2.45) is 5.92 Å². The summed E-state index contributed by atoms with van der Waals surface area (Å²) in [6, 6.07) is 8.31. The van der Waals surface area contributed by atoms with Crippen LogP contribution in [0.4, 0.5) is 8.78 Å². The van der Waals surface area contributed by atoms with Crippen molar-refractivity contribution in [3.8, 4) is 0 Å². The largest absolute Gasteiger partial charge is 0.343 e. The SMILES string of the molecule is Cc1cc(C)cc(C(=O)NCC(=O)N2CCC(C(=O)c3cc(F)ccc3F)CC2)c1. The summed E-state index contributed by atoms with van der Waals surface area (Å²) in [4.78, 5) is 38.8. The van der Waals surface area contributed by atoms with Crippen molar-refractivity contribution < 1.29 is 23.2 Å².